The van der Waals surface area contributed by atoms with Gasteiger partial charge in [-0.3, -0.25) is 9.69 Å². The Bertz CT molecular complexity index is 1540. The van der Waals surface area contributed by atoms with Gasteiger partial charge in [-0.2, -0.15) is 0 Å². The number of halogens is 2. The van der Waals surface area contributed by atoms with Crippen molar-refractivity contribution in [3.63, 3.8) is 0 Å². The average Bonchev–Trinajstić information content (AvgIpc) is 3.37. The Morgan fingerprint density at radius 3 is 2.59 bits per heavy atom. The molecule has 3 aromatic rings. The number of aryl methyl sites for hydroxylation is 1. The fourth-order valence-electron chi connectivity index (χ4n) is 6.00. The number of nitrogens with one attached hydrogen (secondary N) is 1. The van der Waals surface area contributed by atoms with E-state index >= 15 is 8.78 Å². The van der Waals surface area contributed by atoms with Crippen molar-refractivity contribution < 1.29 is 27.8 Å². The van der Waals surface area contributed by atoms with Crippen molar-refractivity contribution in [2.24, 2.45) is 0 Å². The fourth-order valence-corrected chi connectivity index (χ4v) is 7.04. The summed E-state index contributed by atoms with van der Waals surface area (Å²) in [5, 5.41) is 3.56. The predicted molar refractivity (Wildman–Crippen MR) is 153 cm³/mol. The summed E-state index contributed by atoms with van der Waals surface area (Å²) in [6.45, 7) is 8.05. The number of thiophene rings is 1. The van der Waals surface area contributed by atoms with Crippen LogP contribution in [0.5, 0.6) is 5.75 Å². The fraction of sp³-hybridized carbons (Fsp3) is 0.483. The number of nitrogens with two attached hydrogens (primary N) is 1. The molecule has 6 rings (SSSR count). The van der Waals surface area contributed by atoms with Crippen LogP contribution in [0.4, 0.5) is 25.0 Å². The van der Waals surface area contributed by atoms with Crippen LogP contribution in [0, 0.1) is 18.6 Å². The maximum absolute atomic E-state index is 15.8. The molecule has 0 saturated carbocycles. The topological polar surface area (TPSA) is 110 Å². The van der Waals surface area contributed by atoms with Crippen molar-refractivity contribution in [1.29, 1.82) is 0 Å². The SMILES string of the molecule is Cc1ccc2c(N)c(C(=O)N[C@@H]3COc4c(F)c(N5CC6CCC(C5)N6C(=O)OC(C)(C)C)cc(F)c4C3)sc2n1. The molecular formula is C29H33F2N5O4S. The number of rotatable bonds is 3. The zero-order chi connectivity index (χ0) is 29.2. The number of piperazine rings is 1. The third-order valence-corrected chi connectivity index (χ3v) is 8.95. The number of benzene rings is 1. The Morgan fingerprint density at radius 2 is 1.90 bits per heavy atom. The smallest absolute Gasteiger partial charge is 0.410 e. The maximum atomic E-state index is 15.8. The molecule has 2 saturated heterocycles. The van der Waals surface area contributed by atoms with Gasteiger partial charge in [0, 0.05) is 42.2 Å². The van der Waals surface area contributed by atoms with Crippen LogP contribution >= 0.6 is 11.3 Å². The first kappa shape index (κ1) is 27.5. The summed E-state index contributed by atoms with van der Waals surface area (Å²) >= 11 is 1.19. The Kier molecular flexibility index (Phi) is 6.71. The summed E-state index contributed by atoms with van der Waals surface area (Å²) in [5.41, 5.74) is 6.96. The molecule has 0 radical (unpaired) electrons. The zero-order valence-corrected chi connectivity index (χ0v) is 24.2. The lowest BCUT2D eigenvalue weighted by Crippen LogP contribution is -2.57. The average molecular weight is 586 g/mol. The van der Waals surface area contributed by atoms with E-state index in [1.54, 1.807) is 9.80 Å². The number of pyridine rings is 1. The minimum Gasteiger partial charge on any atom is -0.488 e. The number of ether oxygens (including phenoxy) is 2. The van der Waals surface area contributed by atoms with Crippen LogP contribution in [0.3, 0.4) is 0 Å². The molecule has 2 amide bonds. The van der Waals surface area contributed by atoms with E-state index < -0.39 is 29.2 Å². The minimum atomic E-state index is -0.633. The van der Waals surface area contributed by atoms with Crippen molar-refractivity contribution in [3.05, 3.63) is 46.0 Å². The summed E-state index contributed by atoms with van der Waals surface area (Å²) in [7, 11) is 0. The highest BCUT2D eigenvalue weighted by Crippen LogP contribution is 2.40. The van der Waals surface area contributed by atoms with Crippen LogP contribution < -0.4 is 20.7 Å². The van der Waals surface area contributed by atoms with Crippen molar-refractivity contribution in [2.45, 2.75) is 70.7 Å². The highest BCUT2D eigenvalue weighted by Gasteiger charge is 2.45. The van der Waals surface area contributed by atoms with E-state index in [1.165, 1.54) is 17.4 Å². The maximum Gasteiger partial charge on any atom is 0.410 e. The van der Waals surface area contributed by atoms with E-state index in [1.807, 2.05) is 39.8 Å². The molecule has 218 valence electrons. The van der Waals surface area contributed by atoms with E-state index in [9.17, 15) is 9.59 Å². The second-order valence-corrected chi connectivity index (χ2v) is 13.0. The van der Waals surface area contributed by atoms with Gasteiger partial charge >= 0.3 is 6.09 Å². The first-order valence-corrected chi connectivity index (χ1v) is 14.6. The van der Waals surface area contributed by atoms with Crippen LogP contribution in [-0.2, 0) is 11.2 Å². The van der Waals surface area contributed by atoms with E-state index in [-0.39, 0.29) is 48.2 Å². The van der Waals surface area contributed by atoms with E-state index in [4.69, 9.17) is 15.2 Å². The lowest BCUT2D eigenvalue weighted by Gasteiger charge is -2.42. The summed E-state index contributed by atoms with van der Waals surface area (Å²) < 4.78 is 42.5. The number of carbonyl (C=O) groups is 2. The standard InChI is InChI=1S/C29H33F2N5O4S/c1-14-5-8-18-23(32)25(41-27(18)33-14)26(37)34-15-9-19-20(30)10-21(22(31)24(19)39-13-15)35-11-16-6-7-17(12-35)36(16)28(38)40-29(2,3)4/h5,8,10,15-17H,6-7,9,11-13,32H2,1-4H3,(H,34,37)/t15-,16?,17?/m0/s1. The van der Waals surface area contributed by atoms with E-state index in [0.717, 1.165) is 18.5 Å². The number of hydrogen-bond acceptors (Lipinski definition) is 8. The molecule has 2 fully saturated rings. The molecule has 9 nitrogen and oxygen atoms in total. The van der Waals surface area contributed by atoms with Gasteiger partial charge in [-0.1, -0.05) is 0 Å². The van der Waals surface area contributed by atoms with E-state index in [2.05, 4.69) is 10.3 Å². The van der Waals surface area contributed by atoms with E-state index in [0.29, 0.717) is 33.9 Å². The molecule has 2 bridgehead atoms. The molecule has 0 spiro atoms. The minimum absolute atomic E-state index is 0.0155. The quantitative estimate of drug-likeness (QED) is 0.455. The Hall–Kier alpha value is -3.67. The van der Waals surface area contributed by atoms with Gasteiger partial charge in [-0.05, 0) is 52.7 Å². The normalized spacial score (nSPS) is 22.0. The summed E-state index contributed by atoms with van der Waals surface area (Å²) in [6, 6.07) is 3.99. The van der Waals surface area contributed by atoms with Crippen LogP contribution in [-0.4, -0.2) is 65.3 Å². The molecule has 12 heteroatoms. The van der Waals surface area contributed by atoms with Gasteiger partial charge in [0.25, 0.3) is 5.91 Å². The highest BCUT2D eigenvalue weighted by atomic mass is 32.1. The second kappa shape index (κ2) is 10.0. The Labute approximate surface area is 240 Å². The molecule has 3 atom stereocenters. The van der Waals surface area contributed by atoms with Gasteiger partial charge in [-0.25, -0.2) is 18.6 Å². The number of fused-ring (bicyclic) bond motifs is 4. The Balaban J connectivity index is 1.17. The van der Waals surface area contributed by atoms with Gasteiger partial charge in [0.2, 0.25) is 0 Å². The van der Waals surface area contributed by atoms with Crippen molar-refractivity contribution in [1.82, 2.24) is 15.2 Å². The van der Waals surface area contributed by atoms with Crippen LogP contribution in [0.15, 0.2) is 18.2 Å². The molecule has 3 aliphatic rings. The lowest BCUT2D eigenvalue weighted by atomic mass is 10.00. The molecule has 5 heterocycles. The largest absolute Gasteiger partial charge is 0.488 e. The van der Waals surface area contributed by atoms with Crippen LogP contribution in [0.2, 0.25) is 0 Å². The van der Waals surface area contributed by atoms with Gasteiger partial charge in [0.1, 0.15) is 27.7 Å². The highest BCUT2D eigenvalue weighted by molar-refractivity contribution is 7.21. The van der Waals surface area contributed by atoms with Gasteiger partial charge in [-0.15, -0.1) is 11.3 Å². The van der Waals surface area contributed by atoms with Crippen LogP contribution in [0.25, 0.3) is 10.2 Å². The number of carbonyl (C=O) groups excluding carboxylic acids is 2. The number of anilines is 2. The van der Waals surface area contributed by atoms with Crippen molar-refractivity contribution in [3.8, 4) is 5.75 Å². The summed E-state index contributed by atoms with van der Waals surface area (Å²) in [4.78, 5) is 34.8. The summed E-state index contributed by atoms with van der Waals surface area (Å²) in [5.74, 6) is -1.77. The zero-order valence-electron chi connectivity index (χ0n) is 23.4. The first-order chi connectivity index (χ1) is 19.4. The Morgan fingerprint density at radius 1 is 1.20 bits per heavy atom. The second-order valence-electron chi connectivity index (χ2n) is 12.0. The summed E-state index contributed by atoms with van der Waals surface area (Å²) in [6.07, 6.45) is 1.24. The molecule has 2 unspecified atom stereocenters. The lowest BCUT2D eigenvalue weighted by molar-refractivity contribution is 0.0122. The number of nitrogen functional groups attached to an aromatic ring is 1. The van der Waals surface area contributed by atoms with Gasteiger partial charge in [0.05, 0.1) is 29.5 Å². The number of amides is 2. The molecule has 2 aromatic heterocycles. The van der Waals surface area contributed by atoms with Gasteiger partial charge in [0.15, 0.2) is 11.6 Å². The van der Waals surface area contributed by atoms with Crippen molar-refractivity contribution >= 4 is 44.9 Å². The number of nitrogens with zero attached hydrogens (tertiary/aromatic N) is 3. The first-order valence-electron chi connectivity index (χ1n) is 13.8. The molecule has 1 aromatic carbocycles. The molecule has 0 aliphatic carbocycles. The van der Waals surface area contributed by atoms with Crippen LogP contribution in [0.1, 0.15) is 54.5 Å². The number of hydrogen-bond donors (Lipinski definition) is 2. The molecule has 3 N–H and O–H groups in total. The molecular weight excluding hydrogens is 552 g/mol. The molecule has 41 heavy (non-hydrogen) atoms. The third kappa shape index (κ3) is 5.02. The monoisotopic (exact) mass is 585 g/mol. The van der Waals surface area contributed by atoms with Gasteiger partial charge < -0.3 is 25.4 Å². The molecule has 3 aliphatic heterocycles. The number of aromatic nitrogens is 1. The van der Waals surface area contributed by atoms with Crippen molar-refractivity contribution in [2.75, 3.05) is 30.3 Å². The third-order valence-electron chi connectivity index (χ3n) is 7.83. The predicted octanol–water partition coefficient (Wildman–Crippen LogP) is 4.79.